The van der Waals surface area contributed by atoms with E-state index in [1.165, 1.54) is 0 Å². The molecule has 0 amide bonds. The Balaban J connectivity index is 2.58. The second-order valence-electron chi connectivity index (χ2n) is 4.61. The Morgan fingerprint density at radius 3 is 2.29 bits per heavy atom. The van der Waals surface area contributed by atoms with Gasteiger partial charge in [0.05, 0.1) is 5.25 Å². The zero-order valence-electron chi connectivity index (χ0n) is 8.87. The highest BCUT2D eigenvalue weighted by atomic mass is 35.7. The fourth-order valence-electron chi connectivity index (χ4n) is 2.24. The summed E-state index contributed by atoms with van der Waals surface area (Å²) in [6, 6.07) is 0. The topological polar surface area (TPSA) is 34.1 Å². The predicted octanol–water partition coefficient (Wildman–Crippen LogP) is 3.16. The Labute approximate surface area is 91.5 Å². The maximum Gasteiger partial charge on any atom is 0.235 e. The molecule has 0 aromatic rings. The van der Waals surface area contributed by atoms with E-state index in [2.05, 4.69) is 13.8 Å². The van der Waals surface area contributed by atoms with Crippen LogP contribution in [0.15, 0.2) is 0 Å². The summed E-state index contributed by atoms with van der Waals surface area (Å²) in [5.74, 6) is 1.34. The number of hydrogen-bond donors (Lipinski definition) is 0. The smallest absolute Gasteiger partial charge is 0.212 e. The Morgan fingerprint density at radius 2 is 1.79 bits per heavy atom. The summed E-state index contributed by atoms with van der Waals surface area (Å²) in [6.45, 7) is 4.42. The lowest BCUT2D eigenvalue weighted by atomic mass is 9.89. The first-order chi connectivity index (χ1) is 6.41. The van der Waals surface area contributed by atoms with Gasteiger partial charge >= 0.3 is 0 Å². The SMILES string of the molecule is CC(C)C1CCCC(S(=O)(=O)Cl)CC1. The molecule has 1 rings (SSSR count). The lowest BCUT2D eigenvalue weighted by Gasteiger charge is -2.17. The van der Waals surface area contributed by atoms with Gasteiger partial charge in [0.1, 0.15) is 0 Å². The normalized spacial score (nSPS) is 30.3. The van der Waals surface area contributed by atoms with Gasteiger partial charge in [-0.1, -0.05) is 26.7 Å². The van der Waals surface area contributed by atoms with E-state index in [0.717, 1.165) is 32.1 Å². The van der Waals surface area contributed by atoms with Crippen LogP contribution in [0.1, 0.15) is 46.0 Å². The first-order valence-corrected chi connectivity index (χ1v) is 7.72. The van der Waals surface area contributed by atoms with Crippen molar-refractivity contribution in [2.45, 2.75) is 51.2 Å². The number of hydrogen-bond acceptors (Lipinski definition) is 2. The highest BCUT2D eigenvalue weighted by Gasteiger charge is 2.28. The highest BCUT2D eigenvalue weighted by Crippen LogP contribution is 2.32. The van der Waals surface area contributed by atoms with Crippen LogP contribution in [0.25, 0.3) is 0 Å². The van der Waals surface area contributed by atoms with Crippen LogP contribution in [0.2, 0.25) is 0 Å². The molecule has 1 fully saturated rings. The molecule has 1 aliphatic rings. The van der Waals surface area contributed by atoms with Crippen molar-refractivity contribution >= 4 is 19.7 Å². The zero-order valence-corrected chi connectivity index (χ0v) is 10.4. The molecule has 0 bridgehead atoms. The summed E-state index contributed by atoms with van der Waals surface area (Å²) in [5.41, 5.74) is 0. The molecular formula is C10H19ClO2S. The standard InChI is InChI=1S/C10H19ClO2S/c1-8(2)9-4-3-5-10(7-6-9)14(11,12)13/h8-10H,3-7H2,1-2H3. The molecule has 4 heteroatoms. The molecule has 2 nitrogen and oxygen atoms in total. The lowest BCUT2D eigenvalue weighted by molar-refractivity contribution is 0.342. The van der Waals surface area contributed by atoms with E-state index in [1.54, 1.807) is 0 Å². The molecule has 84 valence electrons. The van der Waals surface area contributed by atoms with Gasteiger partial charge in [0.25, 0.3) is 0 Å². The van der Waals surface area contributed by atoms with Crippen LogP contribution in [0.5, 0.6) is 0 Å². The van der Waals surface area contributed by atoms with Gasteiger partial charge in [-0.3, -0.25) is 0 Å². The van der Waals surface area contributed by atoms with E-state index in [0.29, 0.717) is 11.8 Å². The highest BCUT2D eigenvalue weighted by molar-refractivity contribution is 8.14. The molecule has 0 aliphatic heterocycles. The maximum absolute atomic E-state index is 11.2. The molecule has 2 atom stereocenters. The fourth-order valence-corrected chi connectivity index (χ4v) is 3.64. The van der Waals surface area contributed by atoms with Gasteiger partial charge in [0, 0.05) is 10.7 Å². The first kappa shape index (κ1) is 12.3. The Kier molecular flexibility index (Phi) is 4.26. The molecule has 1 aliphatic carbocycles. The van der Waals surface area contributed by atoms with E-state index in [4.69, 9.17) is 10.7 Å². The van der Waals surface area contributed by atoms with Gasteiger partial charge in [-0.25, -0.2) is 8.42 Å². The third-order valence-corrected chi connectivity index (χ3v) is 5.33. The second-order valence-corrected chi connectivity index (χ2v) is 7.52. The minimum atomic E-state index is -3.33. The minimum absolute atomic E-state index is 0.298. The largest absolute Gasteiger partial charge is 0.235 e. The van der Waals surface area contributed by atoms with E-state index < -0.39 is 9.05 Å². The molecule has 2 unspecified atom stereocenters. The molecular weight excluding hydrogens is 220 g/mol. The van der Waals surface area contributed by atoms with Crippen molar-refractivity contribution in [1.82, 2.24) is 0 Å². The molecule has 0 saturated heterocycles. The van der Waals surface area contributed by atoms with Gasteiger partial charge in [-0.2, -0.15) is 0 Å². The van der Waals surface area contributed by atoms with E-state index in [9.17, 15) is 8.42 Å². The van der Waals surface area contributed by atoms with Gasteiger partial charge in [0.15, 0.2) is 0 Å². The Morgan fingerprint density at radius 1 is 1.14 bits per heavy atom. The van der Waals surface area contributed by atoms with Crippen LogP contribution >= 0.6 is 10.7 Å². The van der Waals surface area contributed by atoms with Gasteiger partial charge < -0.3 is 0 Å². The van der Waals surface area contributed by atoms with Crippen molar-refractivity contribution in [2.24, 2.45) is 11.8 Å². The molecule has 14 heavy (non-hydrogen) atoms. The quantitative estimate of drug-likeness (QED) is 0.547. The lowest BCUT2D eigenvalue weighted by Crippen LogP contribution is -2.15. The molecule has 0 spiro atoms. The predicted molar refractivity (Wildman–Crippen MR) is 60.0 cm³/mol. The van der Waals surface area contributed by atoms with E-state index in [1.807, 2.05) is 0 Å². The summed E-state index contributed by atoms with van der Waals surface area (Å²) in [4.78, 5) is 0. The molecule has 0 N–H and O–H groups in total. The molecule has 1 saturated carbocycles. The van der Waals surface area contributed by atoms with Gasteiger partial charge in [-0.05, 0) is 31.1 Å². The Bertz CT molecular complexity index is 272. The minimum Gasteiger partial charge on any atom is -0.212 e. The van der Waals surface area contributed by atoms with Crippen molar-refractivity contribution < 1.29 is 8.42 Å². The van der Waals surface area contributed by atoms with Crippen molar-refractivity contribution in [3.8, 4) is 0 Å². The van der Waals surface area contributed by atoms with Crippen LogP contribution in [0.3, 0.4) is 0 Å². The van der Waals surface area contributed by atoms with Crippen LogP contribution in [0, 0.1) is 11.8 Å². The first-order valence-electron chi connectivity index (χ1n) is 5.34. The third kappa shape index (κ3) is 3.43. The average Bonchev–Trinajstić information content (AvgIpc) is 2.26. The summed E-state index contributed by atoms with van der Waals surface area (Å²) in [7, 11) is 2.06. The summed E-state index contributed by atoms with van der Waals surface area (Å²) >= 11 is 0. The van der Waals surface area contributed by atoms with Crippen molar-refractivity contribution in [2.75, 3.05) is 0 Å². The Hall–Kier alpha value is 0.240. The van der Waals surface area contributed by atoms with Gasteiger partial charge in [0.2, 0.25) is 9.05 Å². The third-order valence-electron chi connectivity index (χ3n) is 3.30. The summed E-state index contributed by atoms with van der Waals surface area (Å²) in [5, 5.41) is -0.298. The summed E-state index contributed by atoms with van der Waals surface area (Å²) < 4.78 is 22.4. The van der Waals surface area contributed by atoms with Crippen LogP contribution in [-0.4, -0.2) is 13.7 Å². The van der Waals surface area contributed by atoms with E-state index >= 15 is 0 Å². The molecule has 0 heterocycles. The van der Waals surface area contributed by atoms with Crippen LogP contribution in [-0.2, 0) is 9.05 Å². The molecule has 0 radical (unpaired) electrons. The van der Waals surface area contributed by atoms with E-state index in [-0.39, 0.29) is 5.25 Å². The summed E-state index contributed by atoms with van der Waals surface area (Å²) in [6.07, 6.45) is 4.65. The van der Waals surface area contributed by atoms with Crippen molar-refractivity contribution in [3.63, 3.8) is 0 Å². The fraction of sp³-hybridized carbons (Fsp3) is 1.00. The maximum atomic E-state index is 11.2. The van der Waals surface area contributed by atoms with Gasteiger partial charge in [-0.15, -0.1) is 0 Å². The average molecular weight is 239 g/mol. The number of rotatable bonds is 2. The monoisotopic (exact) mass is 238 g/mol. The second kappa shape index (κ2) is 4.84. The zero-order chi connectivity index (χ0) is 10.8. The molecule has 0 aromatic heterocycles. The molecule has 0 aromatic carbocycles. The van der Waals surface area contributed by atoms with Crippen LogP contribution in [0.4, 0.5) is 0 Å². The van der Waals surface area contributed by atoms with Crippen LogP contribution < -0.4 is 0 Å². The number of halogens is 1. The van der Waals surface area contributed by atoms with Crippen molar-refractivity contribution in [3.05, 3.63) is 0 Å². The van der Waals surface area contributed by atoms with Crippen molar-refractivity contribution in [1.29, 1.82) is 0 Å².